The summed E-state index contributed by atoms with van der Waals surface area (Å²) in [4.78, 5) is 41.5. The lowest BCUT2D eigenvalue weighted by atomic mass is 9.79. The van der Waals surface area contributed by atoms with Gasteiger partial charge < -0.3 is 4.90 Å². The van der Waals surface area contributed by atoms with Gasteiger partial charge in [0.2, 0.25) is 0 Å². The van der Waals surface area contributed by atoms with Crippen molar-refractivity contribution in [3.63, 3.8) is 0 Å². The highest BCUT2D eigenvalue weighted by atomic mass is 35.5. The highest BCUT2D eigenvalue weighted by Crippen LogP contribution is 2.43. The van der Waals surface area contributed by atoms with Crippen molar-refractivity contribution in [1.29, 1.82) is 0 Å². The molecule has 0 saturated carbocycles. The van der Waals surface area contributed by atoms with Gasteiger partial charge in [0.15, 0.2) is 0 Å². The minimum Gasteiger partial charge on any atom is -0.369 e. The summed E-state index contributed by atoms with van der Waals surface area (Å²) in [6, 6.07) is 7.70. The zero-order valence-corrected chi connectivity index (χ0v) is 20.6. The van der Waals surface area contributed by atoms with Gasteiger partial charge in [-0.25, -0.2) is 9.69 Å². The molecule has 2 heterocycles. The first-order valence-corrected chi connectivity index (χ1v) is 11.4. The molecular weight excluding hydrogens is 461 g/mol. The van der Waals surface area contributed by atoms with Gasteiger partial charge in [-0.05, 0) is 86.2 Å². The summed E-state index contributed by atoms with van der Waals surface area (Å²) in [6.07, 6.45) is 2.53. The maximum Gasteiger partial charge on any atom is 0.335 e. The van der Waals surface area contributed by atoms with E-state index in [0.29, 0.717) is 10.9 Å². The van der Waals surface area contributed by atoms with Crippen molar-refractivity contribution in [2.45, 2.75) is 45.6 Å². The largest absolute Gasteiger partial charge is 0.369 e. The molecule has 0 bridgehead atoms. The van der Waals surface area contributed by atoms with Crippen molar-refractivity contribution in [2.75, 3.05) is 16.8 Å². The molecule has 1 fully saturated rings. The van der Waals surface area contributed by atoms with Crippen molar-refractivity contribution in [3.8, 4) is 0 Å². The zero-order valence-electron chi connectivity index (χ0n) is 19.1. The molecule has 2 aliphatic heterocycles. The molecule has 6 nitrogen and oxygen atoms in total. The van der Waals surface area contributed by atoms with Crippen LogP contribution in [0.15, 0.2) is 35.9 Å². The molecule has 0 spiro atoms. The number of nitrogens with zero attached hydrogens (tertiary/aromatic N) is 2. The standard InChI is InChI=1S/C25H25Cl2N3O3/c1-13-8-21-17(14(2)12-25(3,4)29(21)5)9-15(13)10-18-22(31)28-24(33)30(23(18)32)16-6-7-19(26)20(27)11-16/h6-11,14H,12H2,1-5H3,(H,28,31,33)/b18-10-. The lowest BCUT2D eigenvalue weighted by Gasteiger charge is -2.45. The van der Waals surface area contributed by atoms with Crippen LogP contribution >= 0.6 is 23.2 Å². The second kappa shape index (κ2) is 8.19. The van der Waals surface area contributed by atoms with Crippen LogP contribution in [0.2, 0.25) is 10.0 Å². The Kier molecular flexibility index (Phi) is 5.79. The maximum absolute atomic E-state index is 13.2. The molecular formula is C25H25Cl2N3O3. The number of anilines is 2. The topological polar surface area (TPSA) is 69.7 Å². The third-order valence-electron chi connectivity index (χ3n) is 6.58. The lowest BCUT2D eigenvalue weighted by Crippen LogP contribution is -2.54. The van der Waals surface area contributed by atoms with Crippen molar-refractivity contribution in [2.24, 2.45) is 0 Å². The van der Waals surface area contributed by atoms with Crippen LogP contribution in [0.3, 0.4) is 0 Å². The molecule has 1 N–H and O–H groups in total. The van der Waals surface area contributed by atoms with Gasteiger partial charge in [-0.3, -0.25) is 14.9 Å². The minimum atomic E-state index is -0.833. The fourth-order valence-corrected chi connectivity index (χ4v) is 4.85. The second-order valence-corrected chi connectivity index (χ2v) is 10.1. The summed E-state index contributed by atoms with van der Waals surface area (Å²) in [7, 11) is 2.08. The van der Waals surface area contributed by atoms with E-state index in [-0.39, 0.29) is 21.8 Å². The number of carbonyl (C=O) groups excluding carboxylic acids is 3. The Bertz CT molecular complexity index is 1240. The van der Waals surface area contributed by atoms with Crippen molar-refractivity contribution < 1.29 is 14.4 Å². The van der Waals surface area contributed by atoms with E-state index in [0.717, 1.165) is 33.7 Å². The van der Waals surface area contributed by atoms with Crippen LogP contribution in [0.1, 0.15) is 49.8 Å². The summed E-state index contributed by atoms with van der Waals surface area (Å²) in [6.45, 7) is 8.57. The Hall–Kier alpha value is -2.83. The fraction of sp³-hybridized carbons (Fsp3) is 0.320. The number of imide groups is 2. The molecule has 8 heteroatoms. The van der Waals surface area contributed by atoms with E-state index in [1.807, 2.05) is 13.0 Å². The van der Waals surface area contributed by atoms with Crippen LogP contribution in [-0.4, -0.2) is 30.4 Å². The Morgan fingerprint density at radius 2 is 1.79 bits per heavy atom. The number of carbonyl (C=O) groups is 3. The number of rotatable bonds is 2. The van der Waals surface area contributed by atoms with E-state index in [9.17, 15) is 14.4 Å². The predicted octanol–water partition coefficient (Wildman–Crippen LogP) is 5.69. The van der Waals surface area contributed by atoms with Gasteiger partial charge in [-0.2, -0.15) is 0 Å². The van der Waals surface area contributed by atoms with E-state index in [1.165, 1.54) is 18.2 Å². The third kappa shape index (κ3) is 4.02. The molecule has 4 rings (SSSR count). The van der Waals surface area contributed by atoms with E-state index < -0.39 is 17.8 Å². The Balaban J connectivity index is 1.77. The second-order valence-electron chi connectivity index (χ2n) is 9.30. The van der Waals surface area contributed by atoms with E-state index >= 15 is 0 Å². The van der Waals surface area contributed by atoms with Gasteiger partial charge in [0.1, 0.15) is 5.57 Å². The van der Waals surface area contributed by atoms with Gasteiger partial charge in [-0.15, -0.1) is 0 Å². The molecule has 0 aromatic heterocycles. The van der Waals surface area contributed by atoms with Crippen LogP contribution in [0.25, 0.3) is 6.08 Å². The summed E-state index contributed by atoms with van der Waals surface area (Å²) in [5, 5.41) is 2.74. The first-order valence-electron chi connectivity index (χ1n) is 10.7. The highest BCUT2D eigenvalue weighted by molar-refractivity contribution is 6.43. The highest BCUT2D eigenvalue weighted by Gasteiger charge is 2.38. The van der Waals surface area contributed by atoms with Gasteiger partial charge in [0, 0.05) is 18.3 Å². The number of urea groups is 1. The molecule has 2 aliphatic rings. The normalized spacial score (nSPS) is 21.4. The number of aryl methyl sites for hydroxylation is 1. The van der Waals surface area contributed by atoms with Gasteiger partial charge in [-0.1, -0.05) is 30.1 Å². The summed E-state index contributed by atoms with van der Waals surface area (Å²) in [5.74, 6) is -1.13. The molecule has 172 valence electrons. The maximum atomic E-state index is 13.2. The van der Waals surface area contributed by atoms with Crippen molar-refractivity contribution >= 4 is 58.5 Å². The van der Waals surface area contributed by atoms with E-state index in [2.05, 4.69) is 44.1 Å². The molecule has 33 heavy (non-hydrogen) atoms. The lowest BCUT2D eigenvalue weighted by molar-refractivity contribution is -0.122. The van der Waals surface area contributed by atoms with Gasteiger partial charge in [0.05, 0.1) is 15.7 Å². The zero-order chi connectivity index (χ0) is 24.2. The molecule has 4 amide bonds. The van der Waals surface area contributed by atoms with Crippen LogP contribution in [0.5, 0.6) is 0 Å². The SMILES string of the molecule is Cc1cc2c(cc1/C=C1/C(=O)NC(=O)N(c3ccc(Cl)c(Cl)c3)C1=O)C(C)CC(C)(C)N2C. The summed E-state index contributed by atoms with van der Waals surface area (Å²) < 4.78 is 0. The number of fused-ring (bicyclic) bond motifs is 1. The molecule has 0 aliphatic carbocycles. The van der Waals surface area contributed by atoms with Crippen LogP contribution in [0.4, 0.5) is 16.2 Å². The quantitative estimate of drug-likeness (QED) is 0.438. The Labute approximate surface area is 203 Å². The first kappa shape index (κ1) is 23.3. The Morgan fingerprint density at radius 3 is 2.45 bits per heavy atom. The molecule has 2 aromatic carbocycles. The third-order valence-corrected chi connectivity index (χ3v) is 7.32. The number of hydrogen-bond donors (Lipinski definition) is 1. The predicted molar refractivity (Wildman–Crippen MR) is 132 cm³/mol. The van der Waals surface area contributed by atoms with Crippen molar-refractivity contribution in [1.82, 2.24) is 5.32 Å². The number of hydrogen-bond acceptors (Lipinski definition) is 4. The number of halogens is 2. The van der Waals surface area contributed by atoms with Gasteiger partial charge >= 0.3 is 6.03 Å². The van der Waals surface area contributed by atoms with Crippen LogP contribution in [-0.2, 0) is 9.59 Å². The average molecular weight is 486 g/mol. The molecule has 0 radical (unpaired) electrons. The average Bonchev–Trinajstić information content (AvgIpc) is 2.72. The minimum absolute atomic E-state index is 0.0266. The molecule has 1 unspecified atom stereocenters. The molecule has 1 saturated heterocycles. The van der Waals surface area contributed by atoms with E-state index in [4.69, 9.17) is 23.2 Å². The molecule has 2 aromatic rings. The number of nitrogens with one attached hydrogen (secondary N) is 1. The number of benzene rings is 2. The van der Waals surface area contributed by atoms with Crippen molar-refractivity contribution in [3.05, 3.63) is 62.6 Å². The van der Waals surface area contributed by atoms with Gasteiger partial charge in [0.25, 0.3) is 11.8 Å². The fourth-order valence-electron chi connectivity index (χ4n) is 4.56. The Morgan fingerprint density at radius 1 is 1.09 bits per heavy atom. The molecule has 1 atom stereocenters. The smallest absolute Gasteiger partial charge is 0.335 e. The summed E-state index contributed by atoms with van der Waals surface area (Å²) >= 11 is 12.0. The monoisotopic (exact) mass is 485 g/mol. The van der Waals surface area contributed by atoms with Crippen LogP contribution < -0.4 is 15.1 Å². The summed E-state index contributed by atoms with van der Waals surface area (Å²) in [5.41, 5.74) is 4.12. The number of barbiturate groups is 1. The first-order chi connectivity index (χ1) is 15.4. The van der Waals surface area contributed by atoms with Crippen LogP contribution in [0, 0.1) is 6.92 Å². The number of amides is 4. The van der Waals surface area contributed by atoms with E-state index in [1.54, 1.807) is 6.08 Å².